The minimum atomic E-state index is 1.17. The highest BCUT2D eigenvalue weighted by Crippen LogP contribution is 2.46. The number of H-pyrrole nitrogens is 1. The first-order chi connectivity index (χ1) is 18.8. The van der Waals surface area contributed by atoms with Crippen LogP contribution in [0.4, 0.5) is 0 Å². The molecule has 0 radical (unpaired) electrons. The van der Waals surface area contributed by atoms with Crippen LogP contribution in [0, 0.1) is 0 Å². The van der Waals surface area contributed by atoms with Crippen molar-refractivity contribution < 1.29 is 0 Å². The summed E-state index contributed by atoms with van der Waals surface area (Å²) in [5.41, 5.74) is 9.91. The van der Waals surface area contributed by atoms with Crippen molar-refractivity contribution in [2.75, 3.05) is 0 Å². The summed E-state index contributed by atoms with van der Waals surface area (Å²) in [6, 6.07) is 48.3. The minimum absolute atomic E-state index is 1.17. The van der Waals surface area contributed by atoms with Gasteiger partial charge >= 0.3 is 0 Å². The standard InChI is InChI=1S/C36H23NS/c1-3-11-23(12-4-1)25-21-31-27-15-7-8-20-33(27)37-34(31)32(22-25)30-19-10-18-29-28-17-9-16-26(35(28)38-36(29)30)24-13-5-2-6-14-24/h1-22,37H. The van der Waals surface area contributed by atoms with Crippen molar-refractivity contribution in [2.24, 2.45) is 0 Å². The number of nitrogens with one attached hydrogen (secondary N) is 1. The molecule has 38 heavy (non-hydrogen) atoms. The third-order valence-electron chi connectivity index (χ3n) is 7.62. The minimum Gasteiger partial charge on any atom is -0.354 e. The lowest BCUT2D eigenvalue weighted by Crippen LogP contribution is -1.85. The van der Waals surface area contributed by atoms with Gasteiger partial charge in [-0.25, -0.2) is 0 Å². The van der Waals surface area contributed by atoms with E-state index >= 15 is 0 Å². The van der Waals surface area contributed by atoms with Crippen LogP contribution in [0.5, 0.6) is 0 Å². The first kappa shape index (κ1) is 21.4. The topological polar surface area (TPSA) is 15.8 Å². The fraction of sp³-hybridized carbons (Fsp3) is 0. The van der Waals surface area contributed by atoms with Crippen molar-refractivity contribution in [3.05, 3.63) is 133 Å². The monoisotopic (exact) mass is 501 g/mol. The molecule has 1 nitrogen and oxygen atoms in total. The van der Waals surface area contributed by atoms with Crippen molar-refractivity contribution in [2.45, 2.75) is 0 Å². The number of hydrogen-bond acceptors (Lipinski definition) is 1. The number of fused-ring (bicyclic) bond motifs is 6. The van der Waals surface area contributed by atoms with Crippen LogP contribution in [0.2, 0.25) is 0 Å². The Bertz CT molecular complexity index is 2110. The van der Waals surface area contributed by atoms with Gasteiger partial charge in [0.2, 0.25) is 0 Å². The summed E-state index contributed by atoms with van der Waals surface area (Å²) >= 11 is 1.91. The van der Waals surface area contributed by atoms with E-state index in [9.17, 15) is 0 Å². The van der Waals surface area contributed by atoms with Gasteiger partial charge in [-0.2, -0.15) is 0 Å². The SMILES string of the molecule is c1ccc(-c2cc(-c3cccc4c3sc3c(-c5ccccc5)cccc34)c3[nH]c4ccccc4c3c2)cc1. The van der Waals surface area contributed by atoms with Gasteiger partial charge < -0.3 is 4.98 Å². The summed E-state index contributed by atoms with van der Waals surface area (Å²) < 4.78 is 2.67. The maximum absolute atomic E-state index is 3.76. The van der Waals surface area contributed by atoms with E-state index in [4.69, 9.17) is 0 Å². The van der Waals surface area contributed by atoms with Gasteiger partial charge in [0.05, 0.1) is 5.52 Å². The lowest BCUT2D eigenvalue weighted by atomic mass is 9.94. The summed E-state index contributed by atoms with van der Waals surface area (Å²) in [4.78, 5) is 3.76. The van der Waals surface area contributed by atoms with Crippen molar-refractivity contribution in [3.63, 3.8) is 0 Å². The third kappa shape index (κ3) is 3.24. The molecule has 6 aromatic carbocycles. The third-order valence-corrected chi connectivity index (χ3v) is 8.91. The molecule has 2 aromatic heterocycles. The number of benzene rings is 6. The molecule has 0 saturated carbocycles. The Morgan fingerprint density at radius 1 is 0.395 bits per heavy atom. The summed E-state index contributed by atoms with van der Waals surface area (Å²) in [5, 5.41) is 5.16. The first-order valence-electron chi connectivity index (χ1n) is 12.9. The molecule has 0 aliphatic carbocycles. The van der Waals surface area contributed by atoms with Gasteiger partial charge in [0.15, 0.2) is 0 Å². The smallest absolute Gasteiger partial charge is 0.0545 e. The number of aromatic amines is 1. The lowest BCUT2D eigenvalue weighted by Gasteiger charge is -2.10. The molecular formula is C36H23NS. The molecule has 0 atom stereocenters. The maximum atomic E-state index is 3.76. The molecule has 0 bridgehead atoms. The number of thiophene rings is 1. The number of para-hydroxylation sites is 1. The molecule has 0 saturated heterocycles. The summed E-state index contributed by atoms with van der Waals surface area (Å²) in [6.07, 6.45) is 0. The highest BCUT2D eigenvalue weighted by atomic mass is 32.1. The fourth-order valence-electron chi connectivity index (χ4n) is 5.84. The van der Waals surface area contributed by atoms with Gasteiger partial charge in [0.1, 0.15) is 0 Å². The van der Waals surface area contributed by atoms with Crippen LogP contribution in [0.3, 0.4) is 0 Å². The second kappa shape index (κ2) is 8.44. The van der Waals surface area contributed by atoms with E-state index in [1.54, 1.807) is 0 Å². The van der Waals surface area contributed by atoms with Gasteiger partial charge in [-0.05, 0) is 40.5 Å². The molecule has 0 unspecified atom stereocenters. The molecule has 1 N–H and O–H groups in total. The van der Waals surface area contributed by atoms with Crippen molar-refractivity contribution in [1.29, 1.82) is 0 Å². The van der Waals surface area contributed by atoms with E-state index in [0.29, 0.717) is 0 Å². The number of rotatable bonds is 3. The van der Waals surface area contributed by atoms with Crippen molar-refractivity contribution in [3.8, 4) is 33.4 Å². The summed E-state index contributed by atoms with van der Waals surface area (Å²) in [7, 11) is 0. The van der Waals surface area contributed by atoms with Crippen LogP contribution in [-0.4, -0.2) is 4.98 Å². The molecule has 2 heteroatoms. The second-order valence-electron chi connectivity index (χ2n) is 9.82. The number of aromatic nitrogens is 1. The van der Waals surface area contributed by atoms with Gasteiger partial charge in [-0.15, -0.1) is 11.3 Å². The molecule has 0 aliphatic rings. The average Bonchev–Trinajstić information content (AvgIpc) is 3.56. The van der Waals surface area contributed by atoms with E-state index in [2.05, 4.69) is 138 Å². The quantitative estimate of drug-likeness (QED) is 0.248. The van der Waals surface area contributed by atoms with Crippen LogP contribution in [-0.2, 0) is 0 Å². The molecule has 178 valence electrons. The molecule has 2 heterocycles. The first-order valence-corrected chi connectivity index (χ1v) is 13.8. The Hall–Kier alpha value is -4.66. The van der Waals surface area contributed by atoms with Crippen LogP contribution < -0.4 is 0 Å². The predicted molar refractivity (Wildman–Crippen MR) is 165 cm³/mol. The Balaban J connectivity index is 1.47. The zero-order valence-electron chi connectivity index (χ0n) is 20.6. The molecule has 0 amide bonds. The Kier molecular flexibility index (Phi) is 4.76. The number of hydrogen-bond donors (Lipinski definition) is 1. The molecule has 0 fully saturated rings. The Morgan fingerprint density at radius 2 is 1.00 bits per heavy atom. The van der Waals surface area contributed by atoms with E-state index < -0.39 is 0 Å². The molecular weight excluding hydrogens is 478 g/mol. The van der Waals surface area contributed by atoms with Crippen LogP contribution >= 0.6 is 11.3 Å². The lowest BCUT2D eigenvalue weighted by molar-refractivity contribution is 1.54. The van der Waals surface area contributed by atoms with Gasteiger partial charge in [0, 0.05) is 47.6 Å². The van der Waals surface area contributed by atoms with Crippen molar-refractivity contribution in [1.82, 2.24) is 4.98 Å². The second-order valence-corrected chi connectivity index (χ2v) is 10.8. The molecule has 0 spiro atoms. The maximum Gasteiger partial charge on any atom is 0.0545 e. The highest BCUT2D eigenvalue weighted by molar-refractivity contribution is 7.26. The Labute approximate surface area is 224 Å². The fourth-order valence-corrected chi connectivity index (χ4v) is 7.20. The largest absolute Gasteiger partial charge is 0.354 e. The van der Waals surface area contributed by atoms with E-state index in [0.717, 1.165) is 0 Å². The van der Waals surface area contributed by atoms with Gasteiger partial charge in [0.25, 0.3) is 0 Å². The zero-order chi connectivity index (χ0) is 25.1. The molecule has 8 rings (SSSR count). The predicted octanol–water partition coefficient (Wildman–Crippen LogP) is 10.7. The van der Waals surface area contributed by atoms with E-state index in [-0.39, 0.29) is 0 Å². The average molecular weight is 502 g/mol. The summed E-state index contributed by atoms with van der Waals surface area (Å²) in [6.45, 7) is 0. The van der Waals surface area contributed by atoms with Gasteiger partial charge in [-0.1, -0.05) is 115 Å². The normalized spacial score (nSPS) is 11.7. The highest BCUT2D eigenvalue weighted by Gasteiger charge is 2.18. The van der Waals surface area contributed by atoms with E-state index in [1.165, 1.54) is 75.4 Å². The molecule has 8 aromatic rings. The Morgan fingerprint density at radius 3 is 1.76 bits per heavy atom. The van der Waals surface area contributed by atoms with Gasteiger partial charge in [-0.3, -0.25) is 0 Å². The zero-order valence-corrected chi connectivity index (χ0v) is 21.4. The molecule has 0 aliphatic heterocycles. The van der Waals surface area contributed by atoms with Crippen LogP contribution in [0.1, 0.15) is 0 Å². The van der Waals surface area contributed by atoms with Crippen LogP contribution in [0.15, 0.2) is 133 Å². The summed E-state index contributed by atoms with van der Waals surface area (Å²) in [5.74, 6) is 0. The van der Waals surface area contributed by atoms with Crippen LogP contribution in [0.25, 0.3) is 75.4 Å². The van der Waals surface area contributed by atoms with Crippen molar-refractivity contribution >= 4 is 53.3 Å². The van der Waals surface area contributed by atoms with E-state index in [1.807, 2.05) is 11.3 Å².